The number of thioether (sulfide) groups is 1. The minimum absolute atomic E-state index is 0.0419. The van der Waals surface area contributed by atoms with Crippen LogP contribution in [0.2, 0.25) is 5.02 Å². The molecule has 0 saturated carbocycles. The summed E-state index contributed by atoms with van der Waals surface area (Å²) in [4.78, 5) is 12.2. The van der Waals surface area contributed by atoms with Crippen LogP contribution < -0.4 is 5.32 Å². The van der Waals surface area contributed by atoms with Crippen molar-refractivity contribution < 1.29 is 9.18 Å². The van der Waals surface area contributed by atoms with Crippen LogP contribution in [-0.2, 0) is 10.3 Å². The molecule has 0 aliphatic carbocycles. The lowest BCUT2D eigenvalue weighted by molar-refractivity contribution is -0.115. The number of benzene rings is 1. The first kappa shape index (κ1) is 17.7. The van der Waals surface area contributed by atoms with Crippen LogP contribution in [0, 0.1) is 5.82 Å². The normalized spacial score (nSPS) is 13.0. The average molecular weight is 358 g/mol. The van der Waals surface area contributed by atoms with Crippen molar-refractivity contribution in [3.05, 3.63) is 29.0 Å². The van der Waals surface area contributed by atoms with Crippen molar-refractivity contribution in [3.63, 3.8) is 0 Å². The molecule has 1 amide bonds. The second kappa shape index (κ2) is 6.84. The smallest absolute Gasteiger partial charge is 0.237 e. The Kier molecular flexibility index (Phi) is 5.26. The van der Waals surface area contributed by atoms with E-state index in [0.29, 0.717) is 10.8 Å². The predicted octanol–water partition coefficient (Wildman–Crippen LogP) is 3.34. The number of nitrogens with one attached hydrogen (secondary N) is 1. The zero-order chi connectivity index (χ0) is 17.2. The lowest BCUT2D eigenvalue weighted by atomic mass is 10.1. The van der Waals surface area contributed by atoms with Gasteiger partial charge >= 0.3 is 0 Å². The molecule has 0 aliphatic heterocycles. The lowest BCUT2D eigenvalue weighted by Crippen LogP contribution is -2.27. The Morgan fingerprint density at radius 1 is 1.43 bits per heavy atom. The number of aromatic nitrogens is 4. The molecule has 1 N–H and O–H groups in total. The molecule has 2 rings (SSSR count). The number of hydrogen-bond donors (Lipinski definition) is 1. The van der Waals surface area contributed by atoms with Gasteiger partial charge in [-0.15, -0.1) is 5.10 Å². The summed E-state index contributed by atoms with van der Waals surface area (Å²) in [7, 11) is 0. The summed E-state index contributed by atoms with van der Waals surface area (Å²) in [5, 5.41) is 14.3. The van der Waals surface area contributed by atoms with E-state index in [1.165, 1.54) is 30.0 Å². The van der Waals surface area contributed by atoms with Crippen molar-refractivity contribution in [3.8, 4) is 0 Å². The molecule has 0 aliphatic rings. The van der Waals surface area contributed by atoms with Crippen molar-refractivity contribution in [1.82, 2.24) is 20.2 Å². The van der Waals surface area contributed by atoms with Crippen LogP contribution in [0.15, 0.2) is 23.4 Å². The Labute approximate surface area is 142 Å². The third-order valence-corrected chi connectivity index (χ3v) is 4.24. The van der Waals surface area contributed by atoms with Gasteiger partial charge in [0.2, 0.25) is 11.1 Å². The van der Waals surface area contributed by atoms with Gasteiger partial charge in [-0.2, -0.15) is 0 Å². The number of amides is 1. The molecule has 0 bridgehead atoms. The Morgan fingerprint density at radius 3 is 2.74 bits per heavy atom. The van der Waals surface area contributed by atoms with E-state index in [0.717, 1.165) is 0 Å². The molecule has 23 heavy (non-hydrogen) atoms. The maximum Gasteiger partial charge on any atom is 0.237 e. The fourth-order valence-electron chi connectivity index (χ4n) is 1.70. The van der Waals surface area contributed by atoms with Gasteiger partial charge in [0.05, 0.1) is 15.8 Å². The first-order valence-corrected chi connectivity index (χ1v) is 8.15. The quantitative estimate of drug-likeness (QED) is 0.849. The summed E-state index contributed by atoms with van der Waals surface area (Å²) in [6, 6.07) is 4.02. The first-order chi connectivity index (χ1) is 10.7. The van der Waals surface area contributed by atoms with Crippen molar-refractivity contribution >= 4 is 35.0 Å². The van der Waals surface area contributed by atoms with Gasteiger partial charge in [0.15, 0.2) is 0 Å². The second-order valence-corrected chi connectivity index (χ2v) is 7.64. The van der Waals surface area contributed by atoms with E-state index in [-0.39, 0.29) is 16.5 Å². The van der Waals surface area contributed by atoms with E-state index < -0.39 is 11.1 Å². The highest BCUT2D eigenvalue weighted by Gasteiger charge is 2.24. The molecule has 0 spiro atoms. The summed E-state index contributed by atoms with van der Waals surface area (Å²) in [5.41, 5.74) is 0.149. The third-order valence-electron chi connectivity index (χ3n) is 2.91. The van der Waals surface area contributed by atoms with E-state index in [4.69, 9.17) is 11.6 Å². The third kappa shape index (κ3) is 4.42. The van der Waals surface area contributed by atoms with Crippen molar-refractivity contribution in [2.24, 2.45) is 0 Å². The molecule has 1 aromatic carbocycles. The van der Waals surface area contributed by atoms with Gasteiger partial charge in [0.25, 0.3) is 0 Å². The molecule has 1 heterocycles. The van der Waals surface area contributed by atoms with Gasteiger partial charge in [0, 0.05) is 5.69 Å². The standard InChI is InChI=1S/C14H17ClFN5OS/c1-8(23-13-18-19-20-21(13)14(2,3)4)12(22)17-9-5-6-11(16)10(15)7-9/h5-8H,1-4H3,(H,17,22). The zero-order valence-electron chi connectivity index (χ0n) is 13.2. The highest BCUT2D eigenvalue weighted by Crippen LogP contribution is 2.26. The van der Waals surface area contributed by atoms with Crippen molar-refractivity contribution in [2.45, 2.75) is 43.6 Å². The first-order valence-electron chi connectivity index (χ1n) is 6.90. The highest BCUT2D eigenvalue weighted by atomic mass is 35.5. The molecule has 124 valence electrons. The van der Waals surface area contributed by atoms with Crippen LogP contribution in [0.1, 0.15) is 27.7 Å². The molecular formula is C14H17ClFN5OS. The number of nitrogens with zero attached hydrogens (tertiary/aromatic N) is 4. The van der Waals surface area contributed by atoms with Gasteiger partial charge in [-0.1, -0.05) is 23.4 Å². The predicted molar refractivity (Wildman–Crippen MR) is 88.2 cm³/mol. The number of tetrazole rings is 1. The number of anilines is 1. The number of hydrogen-bond acceptors (Lipinski definition) is 5. The monoisotopic (exact) mass is 357 g/mol. The molecule has 1 aromatic heterocycles. The molecular weight excluding hydrogens is 341 g/mol. The van der Waals surface area contributed by atoms with E-state index in [1.54, 1.807) is 11.6 Å². The van der Waals surface area contributed by atoms with Crippen molar-refractivity contribution in [2.75, 3.05) is 5.32 Å². The summed E-state index contributed by atoms with van der Waals surface area (Å²) >= 11 is 6.95. The van der Waals surface area contributed by atoms with Gasteiger partial charge in [-0.3, -0.25) is 4.79 Å². The molecule has 9 heteroatoms. The van der Waals surface area contributed by atoms with Gasteiger partial charge in [-0.25, -0.2) is 9.07 Å². The zero-order valence-corrected chi connectivity index (χ0v) is 14.7. The van der Waals surface area contributed by atoms with Crippen LogP contribution in [0.4, 0.5) is 10.1 Å². The van der Waals surface area contributed by atoms with Crippen LogP contribution in [0.25, 0.3) is 0 Å². The molecule has 2 aromatic rings. The summed E-state index contributed by atoms with van der Waals surface area (Å²) < 4.78 is 14.8. The maximum absolute atomic E-state index is 13.1. The molecule has 0 fully saturated rings. The summed E-state index contributed by atoms with van der Waals surface area (Å²) in [5.74, 6) is -0.780. The minimum Gasteiger partial charge on any atom is -0.325 e. The topological polar surface area (TPSA) is 72.7 Å². The largest absolute Gasteiger partial charge is 0.325 e. The van der Waals surface area contributed by atoms with Crippen LogP contribution in [0.5, 0.6) is 0 Å². The lowest BCUT2D eigenvalue weighted by Gasteiger charge is -2.20. The average Bonchev–Trinajstić information content (AvgIpc) is 2.91. The van der Waals surface area contributed by atoms with E-state index in [9.17, 15) is 9.18 Å². The SMILES string of the molecule is CC(Sc1nnnn1C(C)(C)C)C(=O)Nc1ccc(F)c(Cl)c1. The maximum atomic E-state index is 13.1. The summed E-state index contributed by atoms with van der Waals surface area (Å²) in [6.45, 7) is 7.66. The van der Waals surface area contributed by atoms with Crippen LogP contribution >= 0.6 is 23.4 Å². The molecule has 0 saturated heterocycles. The van der Waals surface area contributed by atoms with Crippen molar-refractivity contribution in [1.29, 1.82) is 0 Å². The minimum atomic E-state index is -0.531. The Bertz CT molecular complexity index is 715. The molecule has 0 radical (unpaired) electrons. The number of halogens is 2. The van der Waals surface area contributed by atoms with Gasteiger partial charge in [-0.05, 0) is 56.3 Å². The number of carbonyl (C=O) groups excluding carboxylic acids is 1. The van der Waals surface area contributed by atoms with Crippen LogP contribution in [-0.4, -0.2) is 31.4 Å². The number of rotatable bonds is 4. The molecule has 1 unspecified atom stereocenters. The molecule has 6 nitrogen and oxygen atoms in total. The Hall–Kier alpha value is -1.67. The molecule has 1 atom stereocenters. The Balaban J connectivity index is 2.06. The van der Waals surface area contributed by atoms with E-state index >= 15 is 0 Å². The van der Waals surface area contributed by atoms with Gasteiger partial charge in [0.1, 0.15) is 5.82 Å². The van der Waals surface area contributed by atoms with E-state index in [2.05, 4.69) is 20.8 Å². The van der Waals surface area contributed by atoms with Gasteiger partial charge < -0.3 is 5.32 Å². The number of carbonyl (C=O) groups is 1. The Morgan fingerprint density at radius 2 is 2.13 bits per heavy atom. The van der Waals surface area contributed by atoms with Crippen LogP contribution in [0.3, 0.4) is 0 Å². The fourth-order valence-corrected chi connectivity index (χ4v) is 2.86. The van der Waals surface area contributed by atoms with E-state index in [1.807, 2.05) is 20.8 Å². The second-order valence-electron chi connectivity index (χ2n) is 5.92. The summed E-state index contributed by atoms with van der Waals surface area (Å²) in [6.07, 6.45) is 0. The highest BCUT2D eigenvalue weighted by molar-refractivity contribution is 8.00. The fraction of sp³-hybridized carbons (Fsp3) is 0.429.